The Kier molecular flexibility index (Phi) is 3.25. The number of halogens is 1. The second-order valence-corrected chi connectivity index (χ2v) is 3.85. The minimum absolute atomic E-state index is 0.0668. The molecule has 0 radical (unpaired) electrons. The van der Waals surface area contributed by atoms with Crippen molar-refractivity contribution in [2.75, 3.05) is 13.1 Å². The molecule has 1 heterocycles. The molecular weight excluding hydrogens is 171 g/mol. The summed E-state index contributed by atoms with van der Waals surface area (Å²) in [4.78, 5) is 12.9. The van der Waals surface area contributed by atoms with Crippen molar-refractivity contribution in [3.63, 3.8) is 0 Å². The van der Waals surface area contributed by atoms with Gasteiger partial charge in [0.2, 0.25) is 5.91 Å². The van der Waals surface area contributed by atoms with E-state index in [1.54, 1.807) is 6.92 Å². The fraction of sp³-hybridized carbons (Fsp3) is 0.889. The van der Waals surface area contributed by atoms with Crippen molar-refractivity contribution in [3.05, 3.63) is 0 Å². The van der Waals surface area contributed by atoms with Crippen LogP contribution in [-0.2, 0) is 4.79 Å². The monoisotopic (exact) mass is 188 g/mol. The molecule has 0 saturated carbocycles. The van der Waals surface area contributed by atoms with Crippen LogP contribution in [0.4, 0.5) is 4.39 Å². The van der Waals surface area contributed by atoms with Crippen LogP contribution in [-0.4, -0.2) is 36.1 Å². The molecule has 4 heteroatoms. The van der Waals surface area contributed by atoms with Crippen molar-refractivity contribution in [2.45, 2.75) is 32.5 Å². The highest BCUT2D eigenvalue weighted by Crippen LogP contribution is 2.19. The van der Waals surface area contributed by atoms with E-state index in [9.17, 15) is 9.18 Å². The largest absolute Gasteiger partial charge is 0.338 e. The fourth-order valence-corrected chi connectivity index (χ4v) is 1.51. The Balaban J connectivity index is 2.50. The van der Waals surface area contributed by atoms with Crippen molar-refractivity contribution >= 4 is 5.91 Å². The van der Waals surface area contributed by atoms with Gasteiger partial charge >= 0.3 is 0 Å². The summed E-state index contributed by atoms with van der Waals surface area (Å²) in [5.41, 5.74) is 5.43. The molecule has 1 saturated heterocycles. The molecule has 13 heavy (non-hydrogen) atoms. The maximum atomic E-state index is 13.2. The topological polar surface area (TPSA) is 46.3 Å². The van der Waals surface area contributed by atoms with Crippen LogP contribution >= 0.6 is 0 Å². The molecule has 2 N–H and O–H groups in total. The molecule has 1 rings (SSSR count). The Hall–Kier alpha value is -0.640. The zero-order valence-corrected chi connectivity index (χ0v) is 8.16. The van der Waals surface area contributed by atoms with Gasteiger partial charge in [0.15, 0.2) is 0 Å². The smallest absolute Gasteiger partial charge is 0.239 e. The number of nitrogens with zero attached hydrogens (tertiary/aromatic N) is 1. The van der Waals surface area contributed by atoms with Crippen LogP contribution in [0.5, 0.6) is 0 Å². The quantitative estimate of drug-likeness (QED) is 0.653. The number of nitrogens with two attached hydrogens (primary N) is 1. The number of carbonyl (C=O) groups is 1. The van der Waals surface area contributed by atoms with Gasteiger partial charge in [-0.25, -0.2) is 4.39 Å². The number of piperidine rings is 1. The van der Waals surface area contributed by atoms with Crippen molar-refractivity contribution in [1.82, 2.24) is 4.90 Å². The van der Waals surface area contributed by atoms with Crippen LogP contribution < -0.4 is 5.73 Å². The molecule has 76 valence electrons. The zero-order chi connectivity index (χ0) is 10.0. The van der Waals surface area contributed by atoms with Crippen LogP contribution in [0.3, 0.4) is 0 Å². The van der Waals surface area contributed by atoms with Gasteiger partial charge in [-0.1, -0.05) is 6.92 Å². The van der Waals surface area contributed by atoms with Gasteiger partial charge in [0, 0.05) is 6.54 Å². The molecule has 0 spiro atoms. The maximum Gasteiger partial charge on any atom is 0.239 e. The minimum Gasteiger partial charge on any atom is -0.338 e. The van der Waals surface area contributed by atoms with Crippen LogP contribution in [0.1, 0.15) is 20.3 Å². The molecule has 1 aliphatic rings. The lowest BCUT2D eigenvalue weighted by atomic mass is 9.97. The summed E-state index contributed by atoms with van der Waals surface area (Å²) in [5, 5.41) is 0. The molecule has 0 bridgehead atoms. The van der Waals surface area contributed by atoms with Crippen LogP contribution in [0, 0.1) is 5.92 Å². The Bertz CT molecular complexity index is 196. The highest BCUT2D eigenvalue weighted by molar-refractivity contribution is 5.81. The van der Waals surface area contributed by atoms with Crippen LogP contribution in [0.15, 0.2) is 0 Å². The fourth-order valence-electron chi connectivity index (χ4n) is 1.51. The summed E-state index contributed by atoms with van der Waals surface area (Å²) in [6.07, 6.45) is -0.156. The third-order valence-electron chi connectivity index (χ3n) is 2.57. The van der Waals surface area contributed by atoms with E-state index < -0.39 is 12.2 Å². The van der Waals surface area contributed by atoms with Crippen molar-refractivity contribution in [2.24, 2.45) is 11.7 Å². The van der Waals surface area contributed by atoms with Gasteiger partial charge in [-0.3, -0.25) is 4.79 Å². The van der Waals surface area contributed by atoms with E-state index in [4.69, 9.17) is 5.73 Å². The Morgan fingerprint density at radius 1 is 1.69 bits per heavy atom. The molecule has 1 fully saturated rings. The predicted octanol–water partition coefficient (Wildman–Crippen LogP) is 0.540. The minimum atomic E-state index is -0.892. The van der Waals surface area contributed by atoms with E-state index in [-0.39, 0.29) is 18.4 Å². The second-order valence-electron chi connectivity index (χ2n) is 3.85. The maximum absolute atomic E-state index is 13.2. The lowest BCUT2D eigenvalue weighted by Gasteiger charge is -2.33. The zero-order valence-electron chi connectivity index (χ0n) is 8.16. The summed E-state index contributed by atoms with van der Waals surface area (Å²) in [7, 11) is 0. The normalized spacial score (nSPS) is 31.5. The molecular formula is C9H17FN2O. The number of hydrogen-bond acceptors (Lipinski definition) is 2. The first-order valence-electron chi connectivity index (χ1n) is 4.70. The van der Waals surface area contributed by atoms with Gasteiger partial charge in [-0.05, 0) is 19.3 Å². The summed E-state index contributed by atoms with van der Waals surface area (Å²) in [6.45, 7) is 4.36. The number of hydrogen-bond donors (Lipinski definition) is 1. The molecule has 3 nitrogen and oxygen atoms in total. The third-order valence-corrected chi connectivity index (χ3v) is 2.57. The lowest BCUT2D eigenvalue weighted by molar-refractivity contribution is -0.135. The molecule has 1 amide bonds. The predicted molar refractivity (Wildman–Crippen MR) is 48.9 cm³/mol. The third kappa shape index (κ3) is 2.40. The highest BCUT2D eigenvalue weighted by atomic mass is 19.1. The molecule has 0 aromatic carbocycles. The number of amides is 1. The van der Waals surface area contributed by atoms with E-state index in [0.717, 1.165) is 6.42 Å². The Labute approximate surface area is 78.1 Å². The number of alkyl halides is 1. The highest BCUT2D eigenvalue weighted by Gasteiger charge is 2.29. The average molecular weight is 188 g/mol. The van der Waals surface area contributed by atoms with E-state index in [1.807, 2.05) is 6.92 Å². The SMILES string of the molecule is CC1CCN(C(=O)[C@@H](C)N)CC1F. The van der Waals surface area contributed by atoms with Gasteiger partial charge in [0.05, 0.1) is 12.6 Å². The van der Waals surface area contributed by atoms with Crippen molar-refractivity contribution < 1.29 is 9.18 Å². The molecule has 2 unspecified atom stereocenters. The van der Waals surface area contributed by atoms with Gasteiger partial charge < -0.3 is 10.6 Å². The van der Waals surface area contributed by atoms with Gasteiger partial charge in [-0.2, -0.15) is 0 Å². The number of carbonyl (C=O) groups excluding carboxylic acids is 1. The summed E-state index contributed by atoms with van der Waals surface area (Å²) in [6, 6.07) is -0.513. The van der Waals surface area contributed by atoms with E-state index in [1.165, 1.54) is 4.90 Å². The summed E-state index contributed by atoms with van der Waals surface area (Å²) >= 11 is 0. The standard InChI is InChI=1S/C9H17FN2O/c1-6-3-4-12(5-8(6)10)9(13)7(2)11/h6-8H,3-5,11H2,1-2H3/t6?,7-,8?/m1/s1. The van der Waals surface area contributed by atoms with Crippen LogP contribution in [0.2, 0.25) is 0 Å². The van der Waals surface area contributed by atoms with Crippen LogP contribution in [0.25, 0.3) is 0 Å². The lowest BCUT2D eigenvalue weighted by Crippen LogP contribution is -2.49. The first-order chi connectivity index (χ1) is 6.02. The number of rotatable bonds is 1. The van der Waals surface area contributed by atoms with Crippen molar-refractivity contribution in [3.8, 4) is 0 Å². The summed E-state index contributed by atoms with van der Waals surface area (Å²) < 4.78 is 13.2. The average Bonchev–Trinajstić information content (AvgIpc) is 2.08. The first-order valence-corrected chi connectivity index (χ1v) is 4.70. The van der Waals surface area contributed by atoms with Gasteiger partial charge in [-0.15, -0.1) is 0 Å². The Morgan fingerprint density at radius 2 is 2.31 bits per heavy atom. The van der Waals surface area contributed by atoms with Crippen molar-refractivity contribution in [1.29, 1.82) is 0 Å². The molecule has 3 atom stereocenters. The molecule has 0 aliphatic carbocycles. The van der Waals surface area contributed by atoms with E-state index in [2.05, 4.69) is 0 Å². The van der Waals surface area contributed by atoms with E-state index in [0.29, 0.717) is 6.54 Å². The molecule has 1 aliphatic heterocycles. The van der Waals surface area contributed by atoms with Gasteiger partial charge in [0.25, 0.3) is 0 Å². The first kappa shape index (κ1) is 10.4. The molecule has 0 aromatic rings. The van der Waals surface area contributed by atoms with E-state index >= 15 is 0 Å². The number of likely N-dealkylation sites (tertiary alicyclic amines) is 1. The summed E-state index contributed by atoms with van der Waals surface area (Å²) in [5.74, 6) is -0.0771. The van der Waals surface area contributed by atoms with Gasteiger partial charge in [0.1, 0.15) is 6.17 Å². The second kappa shape index (κ2) is 4.05. The molecule has 0 aromatic heterocycles. The Morgan fingerprint density at radius 3 is 2.77 bits per heavy atom.